The van der Waals surface area contributed by atoms with Crippen LogP contribution in [0.5, 0.6) is 0 Å². The predicted molar refractivity (Wildman–Crippen MR) is 101 cm³/mol. The van der Waals surface area contributed by atoms with Gasteiger partial charge in [-0.25, -0.2) is 0 Å². The van der Waals surface area contributed by atoms with Gasteiger partial charge >= 0.3 is 6.18 Å². The number of hydrogen-bond donors (Lipinski definition) is 0. The zero-order valence-corrected chi connectivity index (χ0v) is 16.6. The van der Waals surface area contributed by atoms with Gasteiger partial charge in [-0.2, -0.15) is 18.2 Å². The second-order valence-electron chi connectivity index (χ2n) is 7.07. The molecule has 0 spiro atoms. The van der Waals surface area contributed by atoms with Crippen molar-refractivity contribution in [1.29, 1.82) is 0 Å². The molecule has 0 unspecified atom stereocenters. The number of halogens is 3. The third-order valence-corrected chi connectivity index (χ3v) is 5.97. The van der Waals surface area contributed by atoms with Crippen LogP contribution in [0.25, 0.3) is 11.4 Å². The Kier molecular flexibility index (Phi) is 5.62. The average Bonchev–Trinajstić information content (AvgIpc) is 3.33. The van der Waals surface area contributed by atoms with E-state index in [0.29, 0.717) is 23.2 Å². The minimum atomic E-state index is -4.37. The molecule has 1 aromatic carbocycles. The molecule has 1 fully saturated rings. The van der Waals surface area contributed by atoms with Gasteiger partial charge in [-0.05, 0) is 31.9 Å². The third-order valence-electron chi connectivity index (χ3n) is 5.04. The van der Waals surface area contributed by atoms with Crippen molar-refractivity contribution in [2.45, 2.75) is 62.2 Å². The molecule has 0 aliphatic heterocycles. The number of benzene rings is 1. The smallest absolute Gasteiger partial charge is 0.338 e. The molecule has 29 heavy (non-hydrogen) atoms. The van der Waals surface area contributed by atoms with Crippen LogP contribution in [-0.4, -0.2) is 24.9 Å². The molecule has 1 saturated carbocycles. The fraction of sp³-hybridized carbons (Fsp3) is 0.474. The zero-order chi connectivity index (χ0) is 20.4. The minimum absolute atomic E-state index is 0.263. The molecule has 3 aromatic rings. The number of aryl methyl sites for hydroxylation is 1. The van der Waals surface area contributed by atoms with Crippen molar-refractivity contribution in [3.63, 3.8) is 0 Å². The molecule has 1 aliphatic carbocycles. The first-order valence-corrected chi connectivity index (χ1v) is 10.4. The lowest BCUT2D eigenvalue weighted by Gasteiger charge is -2.24. The zero-order valence-electron chi connectivity index (χ0n) is 15.8. The number of thioether (sulfide) groups is 1. The highest BCUT2D eigenvalue weighted by molar-refractivity contribution is 7.98. The van der Waals surface area contributed by atoms with Crippen molar-refractivity contribution < 1.29 is 17.7 Å². The van der Waals surface area contributed by atoms with E-state index < -0.39 is 11.7 Å². The summed E-state index contributed by atoms with van der Waals surface area (Å²) in [4.78, 5) is 4.30. The topological polar surface area (TPSA) is 69.6 Å². The molecular weight excluding hydrogens is 403 g/mol. The first kappa shape index (κ1) is 19.9. The minimum Gasteiger partial charge on any atom is -0.338 e. The molecule has 1 aliphatic rings. The number of nitrogens with zero attached hydrogens (tertiary/aromatic N) is 5. The van der Waals surface area contributed by atoms with Gasteiger partial charge in [-0.15, -0.1) is 10.2 Å². The number of rotatable bonds is 5. The van der Waals surface area contributed by atoms with E-state index in [0.717, 1.165) is 36.0 Å². The molecule has 2 aromatic heterocycles. The van der Waals surface area contributed by atoms with E-state index in [1.54, 1.807) is 0 Å². The lowest BCUT2D eigenvalue weighted by Crippen LogP contribution is -2.15. The molecule has 6 nitrogen and oxygen atoms in total. The van der Waals surface area contributed by atoms with Crippen molar-refractivity contribution in [3.05, 3.63) is 41.5 Å². The van der Waals surface area contributed by atoms with Gasteiger partial charge < -0.3 is 9.09 Å². The number of alkyl halides is 3. The lowest BCUT2D eigenvalue weighted by molar-refractivity contribution is -0.137. The van der Waals surface area contributed by atoms with Gasteiger partial charge in [-0.1, -0.05) is 48.3 Å². The fourth-order valence-corrected chi connectivity index (χ4v) is 4.46. The van der Waals surface area contributed by atoms with E-state index in [-0.39, 0.29) is 5.82 Å². The molecule has 2 heterocycles. The van der Waals surface area contributed by atoms with Crippen LogP contribution in [-0.2, 0) is 11.9 Å². The quantitative estimate of drug-likeness (QED) is 0.508. The molecule has 0 amide bonds. The van der Waals surface area contributed by atoms with Gasteiger partial charge in [0.25, 0.3) is 0 Å². The van der Waals surface area contributed by atoms with Gasteiger partial charge in [0.2, 0.25) is 11.7 Å². The van der Waals surface area contributed by atoms with Crippen LogP contribution in [0.4, 0.5) is 13.2 Å². The van der Waals surface area contributed by atoms with Crippen molar-refractivity contribution in [2.24, 2.45) is 0 Å². The van der Waals surface area contributed by atoms with Gasteiger partial charge in [-0.3, -0.25) is 0 Å². The van der Waals surface area contributed by atoms with Crippen LogP contribution in [0.3, 0.4) is 0 Å². The first-order chi connectivity index (χ1) is 13.9. The van der Waals surface area contributed by atoms with Crippen molar-refractivity contribution in [3.8, 4) is 11.4 Å². The van der Waals surface area contributed by atoms with Crippen molar-refractivity contribution in [1.82, 2.24) is 24.9 Å². The summed E-state index contributed by atoms with van der Waals surface area (Å²) in [6, 6.07) is 5.12. The second kappa shape index (κ2) is 8.17. The second-order valence-corrected chi connectivity index (χ2v) is 8.01. The number of hydrogen-bond acceptors (Lipinski definition) is 6. The number of aromatic nitrogens is 5. The van der Waals surface area contributed by atoms with Crippen molar-refractivity contribution >= 4 is 11.8 Å². The largest absolute Gasteiger partial charge is 0.416 e. The summed E-state index contributed by atoms with van der Waals surface area (Å²) in [7, 11) is 0. The van der Waals surface area contributed by atoms with Gasteiger partial charge in [0.1, 0.15) is 5.82 Å². The van der Waals surface area contributed by atoms with Crippen LogP contribution >= 0.6 is 11.8 Å². The summed E-state index contributed by atoms with van der Waals surface area (Å²) in [6.45, 7) is 1.96. The molecular formula is C19H20F3N5OS. The van der Waals surface area contributed by atoms with E-state index in [1.165, 1.54) is 43.2 Å². The summed E-state index contributed by atoms with van der Waals surface area (Å²) in [5.74, 6) is 1.97. The standard InChI is InChI=1S/C19H20F3N5OS/c1-12-24-25-18(27(12)15-5-3-2-4-6-15)29-11-16-23-17(26-28-16)13-7-9-14(10-8-13)19(20,21)22/h7-10,15H,2-6,11H2,1H3. The molecule has 0 N–H and O–H groups in total. The molecule has 10 heteroatoms. The Morgan fingerprint density at radius 2 is 1.83 bits per heavy atom. The van der Waals surface area contributed by atoms with Crippen LogP contribution < -0.4 is 0 Å². The lowest BCUT2D eigenvalue weighted by atomic mass is 9.95. The first-order valence-electron chi connectivity index (χ1n) is 9.46. The molecule has 154 valence electrons. The van der Waals surface area contributed by atoms with Gasteiger partial charge in [0, 0.05) is 11.6 Å². The SMILES string of the molecule is Cc1nnc(SCc2nc(-c3ccc(C(F)(F)F)cc3)no2)n1C1CCCCC1. The highest BCUT2D eigenvalue weighted by Crippen LogP contribution is 2.34. The molecule has 0 atom stereocenters. The van der Waals surface area contributed by atoms with Gasteiger partial charge in [0.15, 0.2) is 5.16 Å². The third kappa shape index (κ3) is 4.47. The summed E-state index contributed by atoms with van der Waals surface area (Å²) >= 11 is 1.47. The molecule has 4 rings (SSSR count). The van der Waals surface area contributed by atoms with Gasteiger partial charge in [0.05, 0.1) is 11.3 Å². The van der Waals surface area contributed by atoms with E-state index in [1.807, 2.05) is 6.92 Å². The maximum absolute atomic E-state index is 12.7. The molecule has 0 saturated heterocycles. The van der Waals surface area contributed by atoms with Crippen LogP contribution in [0.15, 0.2) is 33.9 Å². The Hall–Kier alpha value is -2.36. The summed E-state index contributed by atoms with van der Waals surface area (Å²) in [6.07, 6.45) is 1.59. The van der Waals surface area contributed by atoms with Crippen LogP contribution in [0.1, 0.15) is 55.4 Å². The highest BCUT2D eigenvalue weighted by atomic mass is 32.2. The summed E-state index contributed by atoms with van der Waals surface area (Å²) in [5.41, 5.74) is -0.239. The van der Waals surface area contributed by atoms with E-state index in [9.17, 15) is 13.2 Å². The average molecular weight is 423 g/mol. The fourth-order valence-electron chi connectivity index (χ4n) is 3.57. The van der Waals surface area contributed by atoms with E-state index in [2.05, 4.69) is 24.9 Å². The Morgan fingerprint density at radius 1 is 1.10 bits per heavy atom. The monoisotopic (exact) mass is 423 g/mol. The van der Waals surface area contributed by atoms with Crippen molar-refractivity contribution in [2.75, 3.05) is 0 Å². The Labute approximate surface area is 169 Å². The normalized spacial score (nSPS) is 15.7. The summed E-state index contributed by atoms with van der Waals surface area (Å²) in [5, 5.41) is 13.2. The Balaban J connectivity index is 1.44. The van der Waals surface area contributed by atoms with Crippen LogP contribution in [0, 0.1) is 6.92 Å². The Bertz CT molecular complexity index is 961. The highest BCUT2D eigenvalue weighted by Gasteiger charge is 2.30. The molecule has 0 radical (unpaired) electrons. The van der Waals surface area contributed by atoms with E-state index in [4.69, 9.17) is 4.52 Å². The predicted octanol–water partition coefficient (Wildman–Crippen LogP) is 5.45. The maximum atomic E-state index is 12.7. The van der Waals surface area contributed by atoms with Crippen LogP contribution in [0.2, 0.25) is 0 Å². The summed E-state index contributed by atoms with van der Waals surface area (Å²) < 4.78 is 45.5. The Morgan fingerprint density at radius 3 is 2.52 bits per heavy atom. The van der Waals surface area contributed by atoms with E-state index >= 15 is 0 Å². The molecule has 0 bridgehead atoms. The maximum Gasteiger partial charge on any atom is 0.416 e.